The van der Waals surface area contributed by atoms with E-state index in [1.807, 2.05) is 6.07 Å². The van der Waals surface area contributed by atoms with E-state index in [0.717, 1.165) is 15.8 Å². The number of halogens is 2. The van der Waals surface area contributed by atoms with Gasteiger partial charge in [0.15, 0.2) is 0 Å². The van der Waals surface area contributed by atoms with E-state index in [-0.39, 0.29) is 5.41 Å². The molecular formula is C12H18BrClOS. The molecule has 0 aliphatic heterocycles. The molecule has 0 aliphatic carbocycles. The van der Waals surface area contributed by atoms with Gasteiger partial charge in [-0.15, -0.1) is 11.3 Å². The Bertz CT molecular complexity index is 337. The molecule has 0 fully saturated rings. The summed E-state index contributed by atoms with van der Waals surface area (Å²) in [5, 5.41) is 10.1. The van der Waals surface area contributed by atoms with Crippen LogP contribution in [0.2, 0.25) is 4.34 Å². The highest BCUT2D eigenvalue weighted by Gasteiger charge is 2.24. The van der Waals surface area contributed by atoms with Crippen LogP contribution in [0.3, 0.4) is 0 Å². The lowest BCUT2D eigenvalue weighted by atomic mass is 9.79. The normalized spacial score (nSPS) is 16.2. The molecule has 0 amide bonds. The highest BCUT2D eigenvalue weighted by atomic mass is 79.9. The molecule has 16 heavy (non-hydrogen) atoms. The van der Waals surface area contributed by atoms with Gasteiger partial charge in [0.25, 0.3) is 0 Å². The van der Waals surface area contributed by atoms with Gasteiger partial charge in [-0.2, -0.15) is 0 Å². The number of hydrogen-bond acceptors (Lipinski definition) is 2. The zero-order valence-corrected chi connectivity index (χ0v) is 13.2. The third-order valence-electron chi connectivity index (χ3n) is 3.05. The first kappa shape index (κ1) is 14.5. The number of thiophene rings is 1. The van der Waals surface area contributed by atoms with E-state index in [9.17, 15) is 5.11 Å². The predicted molar refractivity (Wildman–Crippen MR) is 75.2 cm³/mol. The van der Waals surface area contributed by atoms with Crippen LogP contribution < -0.4 is 0 Å². The van der Waals surface area contributed by atoms with Crippen molar-refractivity contribution in [2.45, 2.75) is 40.2 Å². The Morgan fingerprint density at radius 3 is 2.44 bits per heavy atom. The van der Waals surface area contributed by atoms with Gasteiger partial charge in [0.1, 0.15) is 4.34 Å². The highest BCUT2D eigenvalue weighted by Crippen LogP contribution is 2.39. The second-order valence-electron chi connectivity index (χ2n) is 5.29. The van der Waals surface area contributed by atoms with Gasteiger partial charge in [0.05, 0.1) is 6.10 Å². The molecule has 92 valence electrons. The van der Waals surface area contributed by atoms with Crippen molar-refractivity contribution in [3.8, 4) is 0 Å². The summed E-state index contributed by atoms with van der Waals surface area (Å²) < 4.78 is 1.58. The first-order valence-corrected chi connectivity index (χ1v) is 7.33. The fourth-order valence-electron chi connectivity index (χ4n) is 1.33. The maximum absolute atomic E-state index is 10.1. The summed E-state index contributed by atoms with van der Waals surface area (Å²) in [4.78, 5) is 0.938. The van der Waals surface area contributed by atoms with Gasteiger partial charge in [-0.3, -0.25) is 0 Å². The van der Waals surface area contributed by atoms with Crippen molar-refractivity contribution < 1.29 is 5.11 Å². The fourth-order valence-corrected chi connectivity index (χ4v) is 3.07. The van der Waals surface area contributed by atoms with Gasteiger partial charge >= 0.3 is 0 Å². The molecule has 2 atom stereocenters. The monoisotopic (exact) mass is 324 g/mol. The van der Waals surface area contributed by atoms with Crippen molar-refractivity contribution in [2.24, 2.45) is 11.3 Å². The predicted octanol–water partition coefficient (Wildman–Crippen LogP) is 5.27. The van der Waals surface area contributed by atoms with E-state index in [0.29, 0.717) is 10.3 Å². The zero-order chi connectivity index (χ0) is 12.5. The van der Waals surface area contributed by atoms with Crippen LogP contribution in [0.15, 0.2) is 10.5 Å². The highest BCUT2D eigenvalue weighted by molar-refractivity contribution is 9.10. The minimum Gasteiger partial charge on any atom is -0.388 e. The van der Waals surface area contributed by atoms with Crippen LogP contribution >= 0.6 is 38.9 Å². The third kappa shape index (κ3) is 3.73. The lowest BCUT2D eigenvalue weighted by Crippen LogP contribution is -2.19. The van der Waals surface area contributed by atoms with E-state index in [1.165, 1.54) is 11.3 Å². The van der Waals surface area contributed by atoms with Crippen molar-refractivity contribution in [2.75, 3.05) is 0 Å². The molecule has 0 saturated carbocycles. The quantitative estimate of drug-likeness (QED) is 0.802. The molecule has 0 aliphatic rings. The van der Waals surface area contributed by atoms with E-state index in [4.69, 9.17) is 11.6 Å². The van der Waals surface area contributed by atoms with Crippen LogP contribution in [0.25, 0.3) is 0 Å². The maximum atomic E-state index is 10.1. The SMILES string of the molecule is CC(CC(O)c1cc(Br)c(Cl)s1)C(C)(C)C. The van der Waals surface area contributed by atoms with Crippen molar-refractivity contribution in [3.63, 3.8) is 0 Å². The largest absolute Gasteiger partial charge is 0.388 e. The van der Waals surface area contributed by atoms with Gasteiger partial charge in [0.2, 0.25) is 0 Å². The lowest BCUT2D eigenvalue weighted by molar-refractivity contribution is 0.113. The molecule has 0 radical (unpaired) electrons. The number of rotatable bonds is 3. The van der Waals surface area contributed by atoms with Crippen molar-refractivity contribution >= 4 is 38.9 Å². The first-order chi connectivity index (χ1) is 7.21. The smallest absolute Gasteiger partial charge is 0.107 e. The Morgan fingerprint density at radius 2 is 2.06 bits per heavy atom. The second kappa shape index (κ2) is 5.38. The van der Waals surface area contributed by atoms with Crippen LogP contribution in [0.5, 0.6) is 0 Å². The van der Waals surface area contributed by atoms with Gasteiger partial charge in [-0.25, -0.2) is 0 Å². The molecular weight excluding hydrogens is 308 g/mol. The van der Waals surface area contributed by atoms with Crippen LogP contribution in [-0.4, -0.2) is 5.11 Å². The van der Waals surface area contributed by atoms with E-state index >= 15 is 0 Å². The Balaban J connectivity index is 2.69. The standard InChI is InChI=1S/C12H18BrClOS/c1-7(12(2,3)4)5-9(15)10-6-8(13)11(14)16-10/h6-7,9,15H,5H2,1-4H3. The minimum absolute atomic E-state index is 0.221. The minimum atomic E-state index is -0.414. The number of aliphatic hydroxyl groups excluding tert-OH is 1. The van der Waals surface area contributed by atoms with Gasteiger partial charge < -0.3 is 5.11 Å². The molecule has 1 rings (SSSR count). The molecule has 0 bridgehead atoms. The summed E-state index contributed by atoms with van der Waals surface area (Å²) in [7, 11) is 0. The molecule has 2 unspecified atom stereocenters. The molecule has 0 aromatic carbocycles. The molecule has 1 N–H and O–H groups in total. The van der Waals surface area contributed by atoms with E-state index < -0.39 is 6.10 Å². The van der Waals surface area contributed by atoms with E-state index in [2.05, 4.69) is 43.6 Å². The Morgan fingerprint density at radius 1 is 1.50 bits per heavy atom. The Kier molecular flexibility index (Phi) is 4.88. The number of hydrogen-bond donors (Lipinski definition) is 1. The summed E-state index contributed by atoms with van der Waals surface area (Å²) >= 11 is 10.8. The van der Waals surface area contributed by atoms with Crippen molar-refractivity contribution in [1.82, 2.24) is 0 Å². The fraction of sp³-hybridized carbons (Fsp3) is 0.667. The van der Waals surface area contributed by atoms with E-state index in [1.54, 1.807) is 0 Å². The molecule has 1 heterocycles. The average Bonchev–Trinajstić information content (AvgIpc) is 2.45. The topological polar surface area (TPSA) is 20.2 Å². The van der Waals surface area contributed by atoms with Gasteiger partial charge in [0, 0.05) is 9.35 Å². The molecule has 1 nitrogen and oxygen atoms in total. The van der Waals surface area contributed by atoms with Crippen LogP contribution in [-0.2, 0) is 0 Å². The van der Waals surface area contributed by atoms with Crippen LogP contribution in [0.4, 0.5) is 0 Å². The summed E-state index contributed by atoms with van der Waals surface area (Å²) in [6.07, 6.45) is 0.357. The van der Waals surface area contributed by atoms with Gasteiger partial charge in [-0.05, 0) is 39.8 Å². The zero-order valence-electron chi connectivity index (χ0n) is 10.1. The molecule has 1 aromatic rings. The average molecular weight is 326 g/mol. The first-order valence-electron chi connectivity index (χ1n) is 5.34. The van der Waals surface area contributed by atoms with Crippen LogP contribution in [0.1, 0.15) is 45.1 Å². The Labute approximate surface area is 115 Å². The summed E-state index contributed by atoms with van der Waals surface area (Å²) in [6, 6.07) is 1.91. The molecule has 1 aromatic heterocycles. The Hall–Kier alpha value is 0.430. The van der Waals surface area contributed by atoms with Crippen molar-refractivity contribution in [1.29, 1.82) is 0 Å². The molecule has 4 heteroatoms. The molecule has 0 spiro atoms. The number of aliphatic hydroxyl groups is 1. The van der Waals surface area contributed by atoms with Crippen molar-refractivity contribution in [3.05, 3.63) is 19.8 Å². The maximum Gasteiger partial charge on any atom is 0.107 e. The third-order valence-corrected chi connectivity index (χ3v) is 5.62. The van der Waals surface area contributed by atoms with Gasteiger partial charge in [-0.1, -0.05) is 39.3 Å². The lowest BCUT2D eigenvalue weighted by Gasteiger charge is -2.28. The summed E-state index contributed by atoms with van der Waals surface area (Å²) in [6.45, 7) is 8.76. The summed E-state index contributed by atoms with van der Waals surface area (Å²) in [5.41, 5.74) is 0.221. The second-order valence-corrected chi connectivity index (χ2v) is 7.83. The summed E-state index contributed by atoms with van der Waals surface area (Å²) in [5.74, 6) is 0.460. The van der Waals surface area contributed by atoms with Crippen LogP contribution in [0, 0.1) is 11.3 Å². The molecule has 0 saturated heterocycles.